The lowest BCUT2D eigenvalue weighted by molar-refractivity contribution is -0.161. The van der Waals surface area contributed by atoms with Crippen LogP contribution in [0.5, 0.6) is 0 Å². The third kappa shape index (κ3) is 73.0. The number of rotatable bonds is 71. The standard InChI is InChI=1S/C83H136O17P2/c1-5-9-13-17-21-25-29-33-37-38-42-44-48-52-56-60-64-68-81(86)94-74-79(100-83(88)70-66-62-58-54-50-46-41-36-32-28-24-20-16-12-8-4)76-98-102(91,92)96-72-77(84)71-95-101(89,90)97-75-78(99-82(87)69-65-61-57-53-49-45-40-35-31-27-23-19-15-11-7-3)73-93-80(85)67-63-59-55-51-47-43-39-34-30-26-22-18-14-10-6-2/h9-16,21-28,33-37,39-42,44,77-79,84H,5-8,17-20,29-32,38,43,45-76H2,1-4H3,(H,89,90)(H,91,92)/b13-9-,14-10-,15-11-,16-12-,25-21-,26-22-,27-23-,28-24-,37-33-,39-34-,40-35-,41-36-,44-42-. The molecule has 0 aromatic rings. The molecular weight excluding hydrogens is 1330 g/mol. The SMILES string of the molecule is CC/C=C\C/C=C\C/C=C\C/C=C\CCCCCCC(=O)OCC(COP(=O)(O)OCC(O)COP(=O)(O)OCC(COC(=O)CCCCCCC/C=C\C/C=C\C/C=C\CC)OC(=O)CCCCCCC/C=C\C/C=C\C/C=C\CC)OC(=O)CCCCCCC/C=C\C/C=C\C/C=C\CC. The molecule has 0 aromatic carbocycles. The van der Waals surface area contributed by atoms with Gasteiger partial charge in [0.25, 0.3) is 0 Å². The molecule has 17 nitrogen and oxygen atoms in total. The van der Waals surface area contributed by atoms with E-state index in [0.717, 1.165) is 205 Å². The van der Waals surface area contributed by atoms with Gasteiger partial charge in [-0.2, -0.15) is 0 Å². The van der Waals surface area contributed by atoms with Crippen molar-refractivity contribution in [3.63, 3.8) is 0 Å². The molecule has 0 amide bonds. The summed E-state index contributed by atoms with van der Waals surface area (Å²) in [6, 6.07) is 0. The van der Waals surface area contributed by atoms with Gasteiger partial charge in [0.05, 0.1) is 26.4 Å². The monoisotopic (exact) mass is 1470 g/mol. The highest BCUT2D eigenvalue weighted by Crippen LogP contribution is 2.45. The minimum absolute atomic E-state index is 0.0640. The van der Waals surface area contributed by atoms with Gasteiger partial charge < -0.3 is 33.8 Å². The second-order valence-electron chi connectivity index (χ2n) is 25.1. The molecule has 0 spiro atoms. The van der Waals surface area contributed by atoms with E-state index in [1.807, 2.05) is 0 Å². The molecule has 0 fully saturated rings. The Labute approximate surface area is 617 Å². The van der Waals surface area contributed by atoms with Crippen molar-refractivity contribution in [1.82, 2.24) is 0 Å². The molecule has 102 heavy (non-hydrogen) atoms. The number of ether oxygens (including phenoxy) is 4. The molecule has 3 N–H and O–H groups in total. The average Bonchev–Trinajstić information content (AvgIpc) is 0.923. The van der Waals surface area contributed by atoms with Crippen molar-refractivity contribution in [3.8, 4) is 0 Å². The number of carbonyl (C=O) groups is 4. The Balaban J connectivity index is 5.44. The molecule has 0 aliphatic rings. The fourth-order valence-electron chi connectivity index (χ4n) is 9.72. The summed E-state index contributed by atoms with van der Waals surface area (Å²) in [5.74, 6) is -2.27. The van der Waals surface area contributed by atoms with Crippen molar-refractivity contribution >= 4 is 39.5 Å². The fraction of sp³-hybridized carbons (Fsp3) is 0.639. The summed E-state index contributed by atoms with van der Waals surface area (Å²) < 4.78 is 68.5. The van der Waals surface area contributed by atoms with Crippen molar-refractivity contribution in [3.05, 3.63) is 158 Å². The van der Waals surface area contributed by atoms with E-state index in [4.69, 9.17) is 37.0 Å². The zero-order valence-corrected chi connectivity index (χ0v) is 65.0. The smallest absolute Gasteiger partial charge is 0.462 e. The van der Waals surface area contributed by atoms with Gasteiger partial charge in [0, 0.05) is 25.7 Å². The molecule has 0 aliphatic heterocycles. The molecule has 0 rings (SSSR count). The van der Waals surface area contributed by atoms with E-state index in [1.165, 1.54) is 0 Å². The first-order valence-corrected chi connectivity index (χ1v) is 41.7. The van der Waals surface area contributed by atoms with Gasteiger partial charge in [0.1, 0.15) is 19.3 Å². The van der Waals surface area contributed by atoms with Crippen LogP contribution < -0.4 is 0 Å². The second kappa shape index (κ2) is 74.0. The zero-order chi connectivity index (χ0) is 74.6. The Kier molecular flexibility index (Phi) is 70.1. The van der Waals surface area contributed by atoms with Gasteiger partial charge in [-0.1, -0.05) is 256 Å². The van der Waals surface area contributed by atoms with Crippen molar-refractivity contribution < 1.29 is 80.2 Å². The Morgan fingerprint density at radius 2 is 0.480 bits per heavy atom. The minimum atomic E-state index is -4.99. The highest BCUT2D eigenvalue weighted by atomic mass is 31.2. The molecule has 0 saturated heterocycles. The van der Waals surface area contributed by atoms with Gasteiger partial charge in [0.15, 0.2) is 12.2 Å². The van der Waals surface area contributed by atoms with Crippen LogP contribution in [0, 0.1) is 0 Å². The van der Waals surface area contributed by atoms with E-state index < -0.39 is 97.5 Å². The molecule has 5 unspecified atom stereocenters. The number of esters is 4. The number of aliphatic hydroxyl groups excluding tert-OH is 1. The Morgan fingerprint density at radius 3 is 0.735 bits per heavy atom. The summed E-state index contributed by atoms with van der Waals surface area (Å²) in [4.78, 5) is 73.0. The van der Waals surface area contributed by atoms with Gasteiger partial charge >= 0.3 is 39.5 Å². The maximum atomic E-state index is 13.1. The van der Waals surface area contributed by atoms with Gasteiger partial charge in [-0.05, 0) is 161 Å². The predicted octanol–water partition coefficient (Wildman–Crippen LogP) is 22.4. The third-order valence-electron chi connectivity index (χ3n) is 15.5. The summed E-state index contributed by atoms with van der Waals surface area (Å²) in [6.07, 6.45) is 85.1. The van der Waals surface area contributed by atoms with E-state index >= 15 is 0 Å². The van der Waals surface area contributed by atoms with Crippen molar-refractivity contribution in [2.45, 2.75) is 303 Å². The summed E-state index contributed by atoms with van der Waals surface area (Å²) in [6.45, 7) is 4.32. The third-order valence-corrected chi connectivity index (χ3v) is 17.4. The maximum absolute atomic E-state index is 13.1. The molecule has 5 atom stereocenters. The number of aliphatic hydroxyl groups is 1. The summed E-state index contributed by atoms with van der Waals surface area (Å²) >= 11 is 0. The first kappa shape index (κ1) is 96.7. The first-order valence-electron chi connectivity index (χ1n) is 38.7. The summed E-state index contributed by atoms with van der Waals surface area (Å²) in [7, 11) is -9.99. The van der Waals surface area contributed by atoms with Gasteiger partial charge in [-0.15, -0.1) is 0 Å². The highest BCUT2D eigenvalue weighted by Gasteiger charge is 2.30. The van der Waals surface area contributed by atoms with Crippen LogP contribution in [-0.4, -0.2) is 96.7 Å². The van der Waals surface area contributed by atoms with E-state index in [0.29, 0.717) is 25.7 Å². The number of hydrogen-bond acceptors (Lipinski definition) is 15. The molecule has 580 valence electrons. The maximum Gasteiger partial charge on any atom is 0.472 e. The van der Waals surface area contributed by atoms with E-state index in [-0.39, 0.29) is 25.7 Å². The zero-order valence-electron chi connectivity index (χ0n) is 63.2. The number of carbonyl (C=O) groups excluding carboxylic acids is 4. The lowest BCUT2D eigenvalue weighted by atomic mass is 10.1. The Hall–Kier alpha value is -5.32. The van der Waals surface area contributed by atoms with Crippen LogP contribution in [0.4, 0.5) is 0 Å². The lowest BCUT2D eigenvalue weighted by Crippen LogP contribution is -2.30. The molecule has 0 aliphatic carbocycles. The van der Waals surface area contributed by atoms with Crippen LogP contribution in [0.25, 0.3) is 0 Å². The minimum Gasteiger partial charge on any atom is -0.462 e. The van der Waals surface area contributed by atoms with Crippen LogP contribution in [0.15, 0.2) is 158 Å². The highest BCUT2D eigenvalue weighted by molar-refractivity contribution is 7.47. The number of allylic oxidation sites excluding steroid dienone is 26. The second-order valence-corrected chi connectivity index (χ2v) is 28.0. The fourth-order valence-corrected chi connectivity index (χ4v) is 11.3. The number of unbranched alkanes of at least 4 members (excludes halogenated alkanes) is 19. The molecule has 0 bridgehead atoms. The normalized spacial score (nSPS) is 14.8. The van der Waals surface area contributed by atoms with Crippen LogP contribution >= 0.6 is 15.6 Å². The predicted molar refractivity (Wildman–Crippen MR) is 417 cm³/mol. The number of phosphoric acid groups is 2. The van der Waals surface area contributed by atoms with Crippen LogP contribution in [0.1, 0.15) is 285 Å². The number of phosphoric ester groups is 2. The average molecular weight is 1470 g/mol. The van der Waals surface area contributed by atoms with E-state index in [9.17, 15) is 43.2 Å². The molecular formula is C83H136O17P2. The first-order chi connectivity index (χ1) is 49.7. The molecule has 0 saturated carbocycles. The number of hydrogen-bond donors (Lipinski definition) is 3. The van der Waals surface area contributed by atoms with E-state index in [1.54, 1.807) is 0 Å². The summed E-state index contributed by atoms with van der Waals surface area (Å²) in [5.41, 5.74) is 0. The molecule has 0 heterocycles. The molecule has 19 heteroatoms. The summed E-state index contributed by atoms with van der Waals surface area (Å²) in [5, 5.41) is 10.6. The van der Waals surface area contributed by atoms with Gasteiger partial charge in [-0.3, -0.25) is 37.3 Å². The largest absolute Gasteiger partial charge is 0.472 e. The molecule has 0 aromatic heterocycles. The molecule has 0 radical (unpaired) electrons. The van der Waals surface area contributed by atoms with Crippen LogP contribution in [0.2, 0.25) is 0 Å². The van der Waals surface area contributed by atoms with E-state index in [2.05, 4.69) is 186 Å². The topological polar surface area (TPSA) is 237 Å². The quantitative estimate of drug-likeness (QED) is 0.0169. The van der Waals surface area contributed by atoms with Crippen molar-refractivity contribution in [1.29, 1.82) is 0 Å². The van der Waals surface area contributed by atoms with Crippen molar-refractivity contribution in [2.75, 3.05) is 39.6 Å². The van der Waals surface area contributed by atoms with Crippen LogP contribution in [-0.2, 0) is 65.4 Å². The Bertz CT molecular complexity index is 2550. The van der Waals surface area contributed by atoms with Crippen LogP contribution in [0.3, 0.4) is 0 Å². The Morgan fingerprint density at radius 1 is 0.275 bits per heavy atom. The lowest BCUT2D eigenvalue weighted by Gasteiger charge is -2.21. The van der Waals surface area contributed by atoms with Gasteiger partial charge in [-0.25, -0.2) is 9.13 Å². The van der Waals surface area contributed by atoms with Gasteiger partial charge in [0.2, 0.25) is 0 Å². The van der Waals surface area contributed by atoms with Crippen molar-refractivity contribution in [2.24, 2.45) is 0 Å².